The van der Waals surface area contributed by atoms with Crippen molar-refractivity contribution in [3.63, 3.8) is 0 Å². The molecule has 1 heterocycles. The highest BCUT2D eigenvalue weighted by molar-refractivity contribution is 4.93. The van der Waals surface area contributed by atoms with E-state index in [-0.39, 0.29) is 6.61 Å². The molecule has 4 N–H and O–H groups in total. The topological polar surface area (TPSA) is 84.2 Å². The average molecular weight is 289 g/mol. The number of likely N-dealkylation sites (tertiary alicyclic amines) is 1. The molecule has 0 aromatic rings. The van der Waals surface area contributed by atoms with Gasteiger partial charge in [0, 0.05) is 6.54 Å². The number of hydrogen-bond donors (Lipinski definition) is 4. The van der Waals surface area contributed by atoms with E-state index in [0.717, 1.165) is 19.4 Å². The van der Waals surface area contributed by atoms with E-state index >= 15 is 0 Å². The van der Waals surface area contributed by atoms with Gasteiger partial charge < -0.3 is 20.4 Å². The maximum absolute atomic E-state index is 9.87. The Labute approximate surface area is 122 Å². The molecule has 0 aliphatic carbocycles. The normalized spacial score (nSPS) is 31.6. The molecule has 5 heteroatoms. The van der Waals surface area contributed by atoms with Crippen LogP contribution in [0.15, 0.2) is 0 Å². The molecule has 1 fully saturated rings. The SMILES string of the molecule is CCCCCCCCCN1C[C@@H](O)[C@H](O)[C@@H](O)[C@@H]1CO. The minimum Gasteiger partial charge on any atom is -0.395 e. The summed E-state index contributed by atoms with van der Waals surface area (Å²) in [4.78, 5) is 1.90. The molecule has 0 aromatic heterocycles. The van der Waals surface area contributed by atoms with E-state index in [0.29, 0.717) is 6.54 Å². The summed E-state index contributed by atoms with van der Waals surface area (Å²) in [5.74, 6) is 0. The van der Waals surface area contributed by atoms with Crippen molar-refractivity contribution in [2.45, 2.75) is 76.2 Å². The lowest BCUT2D eigenvalue weighted by Gasteiger charge is -2.43. The van der Waals surface area contributed by atoms with E-state index in [1.54, 1.807) is 0 Å². The molecule has 120 valence electrons. The lowest BCUT2D eigenvalue weighted by atomic mass is 9.94. The van der Waals surface area contributed by atoms with Gasteiger partial charge in [-0.1, -0.05) is 45.4 Å². The fraction of sp³-hybridized carbons (Fsp3) is 1.00. The molecule has 5 nitrogen and oxygen atoms in total. The van der Waals surface area contributed by atoms with Gasteiger partial charge in [-0.2, -0.15) is 0 Å². The first kappa shape index (κ1) is 17.9. The molecule has 0 radical (unpaired) electrons. The maximum atomic E-state index is 9.87. The van der Waals surface area contributed by atoms with E-state index in [2.05, 4.69) is 6.92 Å². The molecule has 20 heavy (non-hydrogen) atoms. The molecule has 1 rings (SSSR count). The van der Waals surface area contributed by atoms with Gasteiger partial charge in [0.15, 0.2) is 0 Å². The van der Waals surface area contributed by atoms with Gasteiger partial charge in [-0.05, 0) is 13.0 Å². The van der Waals surface area contributed by atoms with E-state index < -0.39 is 24.4 Å². The minimum atomic E-state index is -1.16. The standard InChI is InChI=1S/C15H31NO4/c1-2-3-4-5-6-7-8-9-16-10-13(18)15(20)14(19)12(16)11-17/h12-15,17-20H,2-11H2,1H3/t12-,13+,14-,15-/m0/s1. The summed E-state index contributed by atoms with van der Waals surface area (Å²) >= 11 is 0. The van der Waals surface area contributed by atoms with Crippen LogP contribution in [0.1, 0.15) is 51.9 Å². The second-order valence-corrected chi connectivity index (χ2v) is 5.91. The van der Waals surface area contributed by atoms with Crippen molar-refractivity contribution in [1.82, 2.24) is 4.90 Å². The predicted octanol–water partition coefficient (Wildman–Crippen LogP) is 0.496. The number of piperidine rings is 1. The molecule has 0 saturated carbocycles. The Bertz CT molecular complexity index is 252. The van der Waals surface area contributed by atoms with Crippen molar-refractivity contribution in [3.05, 3.63) is 0 Å². The first-order valence-corrected chi connectivity index (χ1v) is 8.01. The van der Waals surface area contributed by atoms with Gasteiger partial charge in [0.05, 0.1) is 18.8 Å². The first-order chi connectivity index (χ1) is 9.61. The molecule has 0 bridgehead atoms. The van der Waals surface area contributed by atoms with Crippen LogP contribution in [0.2, 0.25) is 0 Å². The summed E-state index contributed by atoms with van der Waals surface area (Å²) in [5, 5.41) is 38.5. The number of unbranched alkanes of at least 4 members (excludes halogenated alkanes) is 6. The number of nitrogens with zero attached hydrogens (tertiary/aromatic N) is 1. The van der Waals surface area contributed by atoms with Crippen molar-refractivity contribution in [2.75, 3.05) is 19.7 Å². The summed E-state index contributed by atoms with van der Waals surface area (Å²) in [6, 6.07) is -0.464. The second kappa shape index (κ2) is 9.68. The number of aliphatic hydroxyl groups is 4. The molecule has 1 aliphatic heterocycles. The van der Waals surface area contributed by atoms with Crippen molar-refractivity contribution >= 4 is 0 Å². The lowest BCUT2D eigenvalue weighted by molar-refractivity contribution is -0.145. The van der Waals surface area contributed by atoms with Crippen LogP contribution in [0, 0.1) is 0 Å². The average Bonchev–Trinajstić information content (AvgIpc) is 2.44. The lowest BCUT2D eigenvalue weighted by Crippen LogP contribution is -2.62. The van der Waals surface area contributed by atoms with Gasteiger partial charge in [-0.25, -0.2) is 0 Å². The number of aliphatic hydroxyl groups excluding tert-OH is 4. The molecule has 1 saturated heterocycles. The highest BCUT2D eigenvalue weighted by Crippen LogP contribution is 2.19. The van der Waals surface area contributed by atoms with Crippen LogP contribution in [-0.2, 0) is 0 Å². The van der Waals surface area contributed by atoms with E-state index in [9.17, 15) is 20.4 Å². The number of rotatable bonds is 9. The van der Waals surface area contributed by atoms with Crippen LogP contribution >= 0.6 is 0 Å². The van der Waals surface area contributed by atoms with E-state index in [1.165, 1.54) is 32.1 Å². The summed E-state index contributed by atoms with van der Waals surface area (Å²) < 4.78 is 0. The third-order valence-electron chi connectivity index (χ3n) is 4.26. The number of β-amino-alcohol motifs (C(OH)–C–C–N with tert-alkyl or cyclic N) is 1. The molecular weight excluding hydrogens is 258 g/mol. The van der Waals surface area contributed by atoms with Gasteiger partial charge in [-0.15, -0.1) is 0 Å². The van der Waals surface area contributed by atoms with Crippen LogP contribution in [0.25, 0.3) is 0 Å². The van der Waals surface area contributed by atoms with E-state index in [4.69, 9.17) is 0 Å². The molecule has 0 spiro atoms. The smallest absolute Gasteiger partial charge is 0.109 e. The van der Waals surface area contributed by atoms with Crippen molar-refractivity contribution < 1.29 is 20.4 Å². The predicted molar refractivity (Wildman–Crippen MR) is 78.5 cm³/mol. The Morgan fingerprint density at radius 1 is 0.900 bits per heavy atom. The summed E-state index contributed by atoms with van der Waals surface area (Å²) in [7, 11) is 0. The quantitative estimate of drug-likeness (QED) is 0.465. The van der Waals surface area contributed by atoms with Crippen LogP contribution < -0.4 is 0 Å². The fourth-order valence-electron chi connectivity index (χ4n) is 2.91. The Morgan fingerprint density at radius 2 is 1.50 bits per heavy atom. The van der Waals surface area contributed by atoms with Crippen molar-refractivity contribution in [1.29, 1.82) is 0 Å². The fourth-order valence-corrected chi connectivity index (χ4v) is 2.91. The van der Waals surface area contributed by atoms with Crippen LogP contribution in [0.4, 0.5) is 0 Å². The Kier molecular flexibility index (Phi) is 8.64. The van der Waals surface area contributed by atoms with Crippen LogP contribution in [0.3, 0.4) is 0 Å². The zero-order chi connectivity index (χ0) is 15.0. The third kappa shape index (κ3) is 5.30. The maximum Gasteiger partial charge on any atom is 0.109 e. The van der Waals surface area contributed by atoms with Gasteiger partial charge in [0.2, 0.25) is 0 Å². The first-order valence-electron chi connectivity index (χ1n) is 8.01. The second-order valence-electron chi connectivity index (χ2n) is 5.91. The minimum absolute atomic E-state index is 0.193. The van der Waals surface area contributed by atoms with Crippen LogP contribution in [0.5, 0.6) is 0 Å². The Hall–Kier alpha value is -0.200. The summed E-state index contributed by atoms with van der Waals surface area (Å²) in [6.45, 7) is 3.08. The highest BCUT2D eigenvalue weighted by atomic mass is 16.4. The van der Waals surface area contributed by atoms with Gasteiger partial charge in [-0.3, -0.25) is 4.90 Å². The highest BCUT2D eigenvalue weighted by Gasteiger charge is 2.40. The number of hydrogen-bond acceptors (Lipinski definition) is 5. The Balaban J connectivity index is 2.24. The Morgan fingerprint density at radius 3 is 2.10 bits per heavy atom. The van der Waals surface area contributed by atoms with Gasteiger partial charge in [0.25, 0.3) is 0 Å². The molecule has 0 unspecified atom stereocenters. The molecule has 4 atom stereocenters. The van der Waals surface area contributed by atoms with Crippen molar-refractivity contribution in [3.8, 4) is 0 Å². The molecule has 0 amide bonds. The zero-order valence-corrected chi connectivity index (χ0v) is 12.6. The molecular formula is C15H31NO4. The zero-order valence-electron chi connectivity index (χ0n) is 12.6. The van der Waals surface area contributed by atoms with Gasteiger partial charge >= 0.3 is 0 Å². The largest absolute Gasteiger partial charge is 0.395 e. The molecule has 1 aliphatic rings. The third-order valence-corrected chi connectivity index (χ3v) is 4.26. The molecule has 0 aromatic carbocycles. The summed E-state index contributed by atoms with van der Waals surface area (Å²) in [6.07, 6.45) is 5.29. The van der Waals surface area contributed by atoms with Gasteiger partial charge in [0.1, 0.15) is 12.2 Å². The summed E-state index contributed by atoms with van der Waals surface area (Å²) in [5.41, 5.74) is 0. The monoisotopic (exact) mass is 289 g/mol. The van der Waals surface area contributed by atoms with Crippen molar-refractivity contribution in [2.24, 2.45) is 0 Å². The van der Waals surface area contributed by atoms with Crippen LogP contribution in [-0.4, -0.2) is 69.4 Å². The van der Waals surface area contributed by atoms with E-state index in [1.807, 2.05) is 4.90 Å².